The van der Waals surface area contributed by atoms with Crippen LogP contribution in [0.3, 0.4) is 0 Å². The Morgan fingerprint density at radius 3 is 2.53 bits per heavy atom. The van der Waals surface area contributed by atoms with E-state index in [1.54, 1.807) is 18.5 Å². The molecule has 0 spiro atoms. The first kappa shape index (κ1) is 23.5. The highest BCUT2D eigenvalue weighted by Gasteiger charge is 2.12. The Balaban J connectivity index is 1.24. The minimum atomic E-state index is -0.153. The third-order valence-corrected chi connectivity index (χ3v) is 6.11. The number of amides is 1. The van der Waals surface area contributed by atoms with Gasteiger partial charge in [-0.05, 0) is 41.5 Å². The molecule has 5 rings (SSSR count). The van der Waals surface area contributed by atoms with Gasteiger partial charge in [-0.1, -0.05) is 42.5 Å². The molecule has 36 heavy (non-hydrogen) atoms. The number of rotatable bonds is 8. The third kappa shape index (κ3) is 6.06. The van der Waals surface area contributed by atoms with Gasteiger partial charge in [0.2, 0.25) is 5.91 Å². The summed E-state index contributed by atoms with van der Waals surface area (Å²) < 4.78 is 7.32. The molecule has 0 aliphatic carbocycles. The van der Waals surface area contributed by atoms with Crippen LogP contribution in [0.4, 0.5) is 5.69 Å². The van der Waals surface area contributed by atoms with Crippen LogP contribution in [0, 0.1) is 0 Å². The second kappa shape index (κ2) is 11.5. The fraction of sp³-hybridized carbons (Fsp3) is 0.207. The minimum absolute atomic E-state index is 0.153. The van der Waals surface area contributed by atoms with E-state index in [2.05, 4.69) is 51.6 Å². The van der Waals surface area contributed by atoms with E-state index < -0.39 is 0 Å². The van der Waals surface area contributed by atoms with E-state index in [9.17, 15) is 4.79 Å². The van der Waals surface area contributed by atoms with E-state index in [1.165, 1.54) is 5.69 Å². The molecule has 1 aliphatic rings. The zero-order valence-electron chi connectivity index (χ0n) is 20.1. The van der Waals surface area contributed by atoms with Gasteiger partial charge in [-0.15, -0.1) is 0 Å². The zero-order valence-corrected chi connectivity index (χ0v) is 20.1. The average molecular weight is 480 g/mol. The Bertz CT molecular complexity index is 1290. The quantitative estimate of drug-likeness (QED) is 0.384. The summed E-state index contributed by atoms with van der Waals surface area (Å²) in [7, 11) is 0. The number of hydrogen-bond donors (Lipinski definition) is 1. The summed E-state index contributed by atoms with van der Waals surface area (Å²) in [5.41, 5.74) is 5.96. The predicted octanol–water partition coefficient (Wildman–Crippen LogP) is 4.16. The lowest BCUT2D eigenvalue weighted by molar-refractivity contribution is -0.116. The molecule has 1 saturated heterocycles. The Morgan fingerprint density at radius 1 is 0.972 bits per heavy atom. The maximum absolute atomic E-state index is 12.6. The predicted molar refractivity (Wildman–Crippen MR) is 141 cm³/mol. The van der Waals surface area contributed by atoms with Gasteiger partial charge in [-0.2, -0.15) is 5.10 Å². The van der Waals surface area contributed by atoms with Crippen LogP contribution in [0.15, 0.2) is 91.4 Å². The number of hydrogen-bond acceptors (Lipinski definition) is 5. The summed E-state index contributed by atoms with van der Waals surface area (Å²) in [6, 6.07) is 22.4. The molecule has 0 atom stereocenters. The van der Waals surface area contributed by atoms with Gasteiger partial charge in [-0.25, -0.2) is 0 Å². The zero-order chi connectivity index (χ0) is 24.6. The van der Waals surface area contributed by atoms with Crippen molar-refractivity contribution in [2.24, 2.45) is 0 Å². The van der Waals surface area contributed by atoms with Crippen molar-refractivity contribution in [3.05, 3.63) is 108 Å². The fourth-order valence-electron chi connectivity index (χ4n) is 4.20. The second-order valence-electron chi connectivity index (χ2n) is 8.67. The van der Waals surface area contributed by atoms with Crippen molar-refractivity contribution < 1.29 is 9.53 Å². The molecule has 1 aliphatic heterocycles. The summed E-state index contributed by atoms with van der Waals surface area (Å²) >= 11 is 0. The Kier molecular flexibility index (Phi) is 7.49. The first-order valence-electron chi connectivity index (χ1n) is 12.1. The summed E-state index contributed by atoms with van der Waals surface area (Å²) in [5, 5.41) is 7.75. The largest absolute Gasteiger partial charge is 0.378 e. The molecule has 0 unspecified atom stereocenters. The fourth-order valence-corrected chi connectivity index (χ4v) is 4.20. The maximum Gasteiger partial charge on any atom is 0.244 e. The molecule has 0 radical (unpaired) electrons. The molecule has 7 heteroatoms. The van der Waals surface area contributed by atoms with Crippen LogP contribution < -0.4 is 10.2 Å². The molecule has 1 amide bonds. The normalized spacial score (nSPS) is 13.7. The molecule has 0 saturated carbocycles. The maximum atomic E-state index is 12.6. The summed E-state index contributed by atoms with van der Waals surface area (Å²) in [4.78, 5) is 19.1. The Labute approximate surface area is 211 Å². The van der Waals surface area contributed by atoms with Crippen molar-refractivity contribution in [3.8, 4) is 11.3 Å². The highest BCUT2D eigenvalue weighted by molar-refractivity contribution is 5.92. The highest BCUT2D eigenvalue weighted by atomic mass is 16.5. The number of carbonyl (C=O) groups is 1. The molecular formula is C29H29N5O2. The number of ether oxygens (including phenoxy) is 1. The Morgan fingerprint density at radius 2 is 1.78 bits per heavy atom. The SMILES string of the molecule is O=C(C=Cc1cn(Cc2ccccc2)nc1-c1cccnc1)NCc1ccc(N2CCOCC2)cc1. The van der Waals surface area contributed by atoms with E-state index in [-0.39, 0.29) is 5.91 Å². The number of benzene rings is 2. The molecule has 3 heterocycles. The number of morpholine rings is 1. The van der Waals surface area contributed by atoms with Gasteiger partial charge in [0.25, 0.3) is 0 Å². The van der Waals surface area contributed by atoms with E-state index in [4.69, 9.17) is 9.84 Å². The van der Waals surface area contributed by atoms with Crippen molar-refractivity contribution in [2.45, 2.75) is 13.1 Å². The van der Waals surface area contributed by atoms with Crippen molar-refractivity contribution in [3.63, 3.8) is 0 Å². The second-order valence-corrected chi connectivity index (χ2v) is 8.67. The van der Waals surface area contributed by atoms with Gasteiger partial charge in [0.15, 0.2) is 0 Å². The molecule has 4 aromatic rings. The van der Waals surface area contributed by atoms with Crippen LogP contribution in [0.5, 0.6) is 0 Å². The average Bonchev–Trinajstić information content (AvgIpc) is 3.35. The lowest BCUT2D eigenvalue weighted by atomic mass is 10.1. The van der Waals surface area contributed by atoms with Crippen LogP contribution in [-0.4, -0.2) is 47.0 Å². The number of anilines is 1. The van der Waals surface area contributed by atoms with Gasteiger partial charge in [0.05, 0.1) is 19.8 Å². The number of pyridine rings is 1. The molecule has 0 bridgehead atoms. The van der Waals surface area contributed by atoms with E-state index >= 15 is 0 Å². The first-order chi connectivity index (χ1) is 17.7. The summed E-state index contributed by atoms with van der Waals surface area (Å²) in [5.74, 6) is -0.153. The van der Waals surface area contributed by atoms with Gasteiger partial charge in [0, 0.05) is 61.1 Å². The van der Waals surface area contributed by atoms with Crippen LogP contribution >= 0.6 is 0 Å². The molecular weight excluding hydrogens is 450 g/mol. The van der Waals surface area contributed by atoms with Crippen LogP contribution in [0.2, 0.25) is 0 Å². The van der Waals surface area contributed by atoms with Crippen LogP contribution in [0.25, 0.3) is 17.3 Å². The minimum Gasteiger partial charge on any atom is -0.378 e. The van der Waals surface area contributed by atoms with Crippen LogP contribution in [-0.2, 0) is 22.6 Å². The third-order valence-electron chi connectivity index (χ3n) is 6.11. The first-order valence-corrected chi connectivity index (χ1v) is 12.1. The molecule has 1 N–H and O–H groups in total. The van der Waals surface area contributed by atoms with E-state index in [1.807, 2.05) is 47.3 Å². The number of carbonyl (C=O) groups excluding carboxylic acids is 1. The topological polar surface area (TPSA) is 72.3 Å². The van der Waals surface area contributed by atoms with Crippen molar-refractivity contribution >= 4 is 17.7 Å². The van der Waals surface area contributed by atoms with Gasteiger partial charge in [0.1, 0.15) is 5.69 Å². The number of nitrogens with one attached hydrogen (secondary N) is 1. The molecule has 2 aromatic heterocycles. The molecule has 1 fully saturated rings. The van der Waals surface area contributed by atoms with E-state index in [0.29, 0.717) is 13.1 Å². The van der Waals surface area contributed by atoms with Crippen molar-refractivity contribution in [2.75, 3.05) is 31.2 Å². The summed E-state index contributed by atoms with van der Waals surface area (Å²) in [6.07, 6.45) is 8.86. The summed E-state index contributed by atoms with van der Waals surface area (Å²) in [6.45, 7) is 4.45. The smallest absolute Gasteiger partial charge is 0.244 e. The van der Waals surface area contributed by atoms with Gasteiger partial charge < -0.3 is 15.0 Å². The van der Waals surface area contributed by atoms with Crippen molar-refractivity contribution in [1.29, 1.82) is 0 Å². The lowest BCUT2D eigenvalue weighted by Crippen LogP contribution is -2.36. The number of aromatic nitrogens is 3. The molecule has 2 aromatic carbocycles. The van der Waals surface area contributed by atoms with E-state index in [0.717, 1.165) is 54.3 Å². The van der Waals surface area contributed by atoms with Crippen LogP contribution in [0.1, 0.15) is 16.7 Å². The molecule has 7 nitrogen and oxygen atoms in total. The molecule has 182 valence electrons. The number of nitrogens with zero attached hydrogens (tertiary/aromatic N) is 4. The van der Waals surface area contributed by atoms with Gasteiger partial charge >= 0.3 is 0 Å². The highest BCUT2D eigenvalue weighted by Crippen LogP contribution is 2.23. The monoisotopic (exact) mass is 479 g/mol. The lowest BCUT2D eigenvalue weighted by Gasteiger charge is -2.28. The van der Waals surface area contributed by atoms with Gasteiger partial charge in [-0.3, -0.25) is 14.5 Å². The Hall–Kier alpha value is -4.23. The standard InChI is InChI=1S/C29H29N5O2/c35-28(31-19-23-8-11-27(12-9-23)33-15-17-36-18-16-33)13-10-26-22-34(21-24-5-2-1-3-6-24)32-29(26)25-7-4-14-30-20-25/h1-14,20,22H,15-19,21H2,(H,31,35). The van der Waals surface area contributed by atoms with Crippen molar-refractivity contribution in [1.82, 2.24) is 20.1 Å².